The Kier molecular flexibility index (Phi) is 3.42. The molecule has 1 aromatic heterocycles. The number of amides is 2. The van der Waals surface area contributed by atoms with Gasteiger partial charge in [-0.05, 0) is 0 Å². The summed E-state index contributed by atoms with van der Waals surface area (Å²) in [5.74, 6) is -0.656. The van der Waals surface area contributed by atoms with Gasteiger partial charge in [0.15, 0.2) is 0 Å². The average molecular weight is 255 g/mol. The predicted molar refractivity (Wildman–Crippen MR) is 57.4 cm³/mol. The Morgan fingerprint density at radius 3 is 3.00 bits per heavy atom. The van der Waals surface area contributed by atoms with Crippen LogP contribution >= 0.6 is 0 Å². The summed E-state index contributed by atoms with van der Waals surface area (Å²) in [6.45, 7) is 0.136. The molecule has 2 heterocycles. The van der Waals surface area contributed by atoms with E-state index in [1.54, 1.807) is 0 Å². The molecule has 9 nitrogen and oxygen atoms in total. The zero-order valence-corrected chi connectivity index (χ0v) is 9.41. The molecule has 0 aliphatic carbocycles. The van der Waals surface area contributed by atoms with Gasteiger partial charge in [-0.25, -0.2) is 14.6 Å². The Morgan fingerprint density at radius 2 is 2.39 bits per heavy atom. The van der Waals surface area contributed by atoms with Gasteiger partial charge < -0.3 is 20.4 Å². The van der Waals surface area contributed by atoms with Gasteiger partial charge in [0, 0.05) is 13.0 Å². The molecule has 2 atom stereocenters. The number of carbonyl (C=O) groups is 2. The first-order valence-electron chi connectivity index (χ1n) is 5.37. The fourth-order valence-electron chi connectivity index (χ4n) is 1.85. The van der Waals surface area contributed by atoms with Crippen molar-refractivity contribution in [2.24, 2.45) is 0 Å². The normalized spacial score (nSPS) is 23.1. The van der Waals surface area contributed by atoms with Crippen LogP contribution in [-0.4, -0.2) is 61.0 Å². The number of hydrogen-bond acceptors (Lipinski definition) is 5. The van der Waals surface area contributed by atoms with E-state index in [0.717, 1.165) is 4.90 Å². The van der Waals surface area contributed by atoms with Gasteiger partial charge in [-0.3, -0.25) is 5.10 Å². The maximum atomic E-state index is 11.8. The van der Waals surface area contributed by atoms with Gasteiger partial charge in [0.1, 0.15) is 18.2 Å². The number of rotatable bonds is 3. The van der Waals surface area contributed by atoms with E-state index in [9.17, 15) is 14.7 Å². The number of nitrogens with zero attached hydrogens (tertiary/aromatic N) is 3. The molecule has 0 radical (unpaired) electrons. The van der Waals surface area contributed by atoms with Crippen molar-refractivity contribution in [1.29, 1.82) is 0 Å². The topological polar surface area (TPSA) is 131 Å². The minimum absolute atomic E-state index is 0.0131. The first-order chi connectivity index (χ1) is 8.58. The van der Waals surface area contributed by atoms with Crippen LogP contribution in [0.4, 0.5) is 4.79 Å². The minimum atomic E-state index is -1.12. The lowest BCUT2D eigenvalue weighted by Gasteiger charge is -2.21. The maximum absolute atomic E-state index is 11.8. The third-order valence-corrected chi connectivity index (χ3v) is 2.70. The molecule has 0 spiro atoms. The fraction of sp³-hybridized carbons (Fsp3) is 0.556. The standard InChI is InChI=1S/C9H13N5O4/c15-5-1-6(8(16)17)14(3-5)9(18)10-2-7-11-4-12-13-7/h4-6,15H,1-3H2,(H,10,18)(H,16,17)(H,11,12,13)/t5-,6-/m1/s1. The van der Waals surface area contributed by atoms with Crippen LogP contribution in [0.5, 0.6) is 0 Å². The van der Waals surface area contributed by atoms with Crippen molar-refractivity contribution in [2.45, 2.75) is 25.1 Å². The van der Waals surface area contributed by atoms with Crippen molar-refractivity contribution in [3.63, 3.8) is 0 Å². The van der Waals surface area contributed by atoms with E-state index in [4.69, 9.17) is 5.11 Å². The molecular formula is C9H13N5O4. The van der Waals surface area contributed by atoms with Crippen molar-refractivity contribution in [2.75, 3.05) is 6.54 Å². The quantitative estimate of drug-likeness (QED) is 0.521. The number of carboxylic acids is 1. The second kappa shape index (κ2) is 5.00. The summed E-state index contributed by atoms with van der Waals surface area (Å²) in [4.78, 5) is 27.6. The first kappa shape index (κ1) is 12.3. The van der Waals surface area contributed by atoms with E-state index in [2.05, 4.69) is 20.5 Å². The Labute approximate surface area is 102 Å². The van der Waals surface area contributed by atoms with E-state index < -0.39 is 24.1 Å². The summed E-state index contributed by atoms with van der Waals surface area (Å²) >= 11 is 0. The Hall–Kier alpha value is -2.16. The maximum Gasteiger partial charge on any atom is 0.326 e. The average Bonchev–Trinajstić information content (AvgIpc) is 2.94. The summed E-state index contributed by atoms with van der Waals surface area (Å²) < 4.78 is 0. The van der Waals surface area contributed by atoms with Crippen LogP contribution in [0.25, 0.3) is 0 Å². The van der Waals surface area contributed by atoms with Gasteiger partial charge in [0.25, 0.3) is 0 Å². The molecule has 2 rings (SSSR count). The van der Waals surface area contributed by atoms with Gasteiger partial charge in [-0.15, -0.1) is 0 Å². The van der Waals surface area contributed by atoms with Crippen LogP contribution in [0, 0.1) is 0 Å². The van der Waals surface area contributed by atoms with Crippen molar-refractivity contribution < 1.29 is 19.8 Å². The van der Waals surface area contributed by atoms with E-state index in [1.165, 1.54) is 6.33 Å². The highest BCUT2D eigenvalue weighted by atomic mass is 16.4. The van der Waals surface area contributed by atoms with Crippen LogP contribution in [0.2, 0.25) is 0 Å². The van der Waals surface area contributed by atoms with E-state index >= 15 is 0 Å². The van der Waals surface area contributed by atoms with Gasteiger partial charge >= 0.3 is 12.0 Å². The number of aromatic amines is 1. The fourth-order valence-corrected chi connectivity index (χ4v) is 1.85. The summed E-state index contributed by atoms with van der Waals surface area (Å²) in [7, 11) is 0. The van der Waals surface area contributed by atoms with E-state index in [1.807, 2.05) is 0 Å². The third kappa shape index (κ3) is 2.56. The van der Waals surface area contributed by atoms with Crippen molar-refractivity contribution in [1.82, 2.24) is 25.4 Å². The molecule has 1 saturated heterocycles. The minimum Gasteiger partial charge on any atom is -0.480 e. The number of likely N-dealkylation sites (tertiary alicyclic amines) is 1. The first-order valence-corrected chi connectivity index (χ1v) is 5.37. The van der Waals surface area contributed by atoms with Gasteiger partial charge in [-0.2, -0.15) is 5.10 Å². The number of hydrogen-bond donors (Lipinski definition) is 4. The zero-order valence-electron chi connectivity index (χ0n) is 9.41. The number of aromatic nitrogens is 3. The van der Waals surface area contributed by atoms with Gasteiger partial charge in [0.2, 0.25) is 0 Å². The van der Waals surface area contributed by atoms with Crippen LogP contribution in [0.1, 0.15) is 12.2 Å². The number of β-amino-alcohol motifs (C(OH)–C–C–N with tert-alkyl or cyclic N) is 1. The number of aliphatic hydroxyl groups excluding tert-OH is 1. The molecule has 18 heavy (non-hydrogen) atoms. The molecule has 1 aliphatic rings. The molecule has 98 valence electrons. The number of aliphatic hydroxyl groups is 1. The van der Waals surface area contributed by atoms with E-state index in [0.29, 0.717) is 5.82 Å². The Balaban J connectivity index is 1.93. The molecule has 9 heteroatoms. The summed E-state index contributed by atoms with van der Waals surface area (Å²) in [5, 5.41) is 27.0. The van der Waals surface area contributed by atoms with Crippen LogP contribution < -0.4 is 5.32 Å². The highest BCUT2D eigenvalue weighted by Gasteiger charge is 2.38. The van der Waals surface area contributed by atoms with Gasteiger partial charge in [-0.1, -0.05) is 0 Å². The lowest BCUT2D eigenvalue weighted by Crippen LogP contribution is -2.46. The number of H-pyrrole nitrogens is 1. The highest BCUT2D eigenvalue weighted by molar-refractivity contribution is 5.83. The SMILES string of the molecule is O=C(O)[C@H]1C[C@@H](O)CN1C(=O)NCc1ncn[nH]1. The van der Waals surface area contributed by atoms with Crippen LogP contribution in [0.3, 0.4) is 0 Å². The Bertz CT molecular complexity index is 434. The van der Waals surface area contributed by atoms with Crippen molar-refractivity contribution in [3.05, 3.63) is 12.2 Å². The second-order valence-corrected chi connectivity index (χ2v) is 3.99. The number of aliphatic carboxylic acids is 1. The van der Waals surface area contributed by atoms with Gasteiger partial charge in [0.05, 0.1) is 12.6 Å². The smallest absolute Gasteiger partial charge is 0.326 e. The van der Waals surface area contributed by atoms with E-state index in [-0.39, 0.29) is 19.5 Å². The van der Waals surface area contributed by atoms with Crippen LogP contribution in [0.15, 0.2) is 6.33 Å². The molecule has 1 aliphatic heterocycles. The molecule has 1 fully saturated rings. The Morgan fingerprint density at radius 1 is 1.61 bits per heavy atom. The second-order valence-electron chi connectivity index (χ2n) is 3.99. The molecule has 0 unspecified atom stereocenters. The lowest BCUT2D eigenvalue weighted by atomic mass is 10.2. The van der Waals surface area contributed by atoms with Crippen LogP contribution in [-0.2, 0) is 11.3 Å². The monoisotopic (exact) mass is 255 g/mol. The molecule has 0 aromatic carbocycles. The molecule has 0 bridgehead atoms. The number of nitrogens with one attached hydrogen (secondary N) is 2. The van der Waals surface area contributed by atoms with Crippen molar-refractivity contribution >= 4 is 12.0 Å². The number of carbonyl (C=O) groups excluding carboxylic acids is 1. The molecule has 0 saturated carbocycles. The third-order valence-electron chi connectivity index (χ3n) is 2.70. The highest BCUT2D eigenvalue weighted by Crippen LogP contribution is 2.18. The predicted octanol–water partition coefficient (Wildman–Crippen LogP) is -1.47. The van der Waals surface area contributed by atoms with Crippen molar-refractivity contribution in [3.8, 4) is 0 Å². The molecule has 1 aromatic rings. The molecule has 2 amide bonds. The zero-order chi connectivity index (χ0) is 13.1. The summed E-state index contributed by atoms with van der Waals surface area (Å²) in [5.41, 5.74) is 0. The molecular weight excluding hydrogens is 242 g/mol. The number of urea groups is 1. The summed E-state index contributed by atoms with van der Waals surface area (Å²) in [6.07, 6.45) is 0.550. The number of carboxylic acid groups (broad SMARTS) is 1. The summed E-state index contributed by atoms with van der Waals surface area (Å²) in [6, 6.07) is -1.54. The largest absolute Gasteiger partial charge is 0.480 e. The lowest BCUT2D eigenvalue weighted by molar-refractivity contribution is -0.141. The molecule has 4 N–H and O–H groups in total.